The third-order valence-corrected chi connectivity index (χ3v) is 2.96. The Labute approximate surface area is 106 Å². The van der Waals surface area contributed by atoms with E-state index in [1.165, 1.54) is 0 Å². The van der Waals surface area contributed by atoms with Crippen molar-refractivity contribution in [2.45, 2.75) is 6.92 Å². The van der Waals surface area contributed by atoms with Crippen molar-refractivity contribution in [3.63, 3.8) is 0 Å². The summed E-state index contributed by atoms with van der Waals surface area (Å²) in [5.41, 5.74) is 2.85. The minimum Gasteiger partial charge on any atom is -0.496 e. The lowest BCUT2D eigenvalue weighted by Gasteiger charge is -2.12. The molecule has 0 radical (unpaired) electrons. The van der Waals surface area contributed by atoms with Crippen LogP contribution in [-0.4, -0.2) is 18.2 Å². The highest BCUT2D eigenvalue weighted by molar-refractivity contribution is 5.92. The van der Waals surface area contributed by atoms with Gasteiger partial charge >= 0.3 is 5.97 Å². The number of para-hydroxylation sites is 1. The van der Waals surface area contributed by atoms with Crippen molar-refractivity contribution in [2.75, 3.05) is 7.11 Å². The van der Waals surface area contributed by atoms with Crippen molar-refractivity contribution >= 4 is 5.97 Å². The lowest BCUT2D eigenvalue weighted by atomic mass is 9.96. The zero-order chi connectivity index (χ0) is 13.1. The van der Waals surface area contributed by atoms with E-state index < -0.39 is 5.97 Å². The fraction of sp³-hybridized carbons (Fsp3) is 0.133. The first kappa shape index (κ1) is 12.2. The Morgan fingerprint density at radius 2 is 1.72 bits per heavy atom. The molecule has 18 heavy (non-hydrogen) atoms. The van der Waals surface area contributed by atoms with Crippen LogP contribution in [0, 0.1) is 6.92 Å². The normalized spacial score (nSPS) is 10.1. The first-order valence-corrected chi connectivity index (χ1v) is 5.61. The third kappa shape index (κ3) is 2.07. The SMILES string of the molecule is COc1ccccc1-c1cccc(C(=O)O)c1C. The summed E-state index contributed by atoms with van der Waals surface area (Å²) >= 11 is 0. The number of methoxy groups -OCH3 is 1. The van der Waals surface area contributed by atoms with Gasteiger partial charge in [0.15, 0.2) is 0 Å². The minimum atomic E-state index is -0.913. The van der Waals surface area contributed by atoms with Crippen LogP contribution < -0.4 is 4.74 Å². The van der Waals surface area contributed by atoms with E-state index in [1.54, 1.807) is 19.2 Å². The summed E-state index contributed by atoms with van der Waals surface area (Å²) in [4.78, 5) is 11.1. The number of hydrogen-bond acceptors (Lipinski definition) is 2. The second-order valence-electron chi connectivity index (χ2n) is 3.98. The van der Waals surface area contributed by atoms with Gasteiger partial charge in [-0.25, -0.2) is 4.79 Å². The molecule has 0 heterocycles. The van der Waals surface area contributed by atoms with Crippen molar-refractivity contribution in [1.29, 1.82) is 0 Å². The number of carboxylic acids is 1. The molecule has 3 nitrogen and oxygen atoms in total. The Morgan fingerprint density at radius 1 is 1.06 bits per heavy atom. The van der Waals surface area contributed by atoms with Gasteiger partial charge < -0.3 is 9.84 Å². The molecule has 0 aliphatic rings. The molecule has 2 rings (SSSR count). The van der Waals surface area contributed by atoms with Gasteiger partial charge in [-0.15, -0.1) is 0 Å². The summed E-state index contributed by atoms with van der Waals surface area (Å²) in [6.07, 6.45) is 0. The van der Waals surface area contributed by atoms with Gasteiger partial charge in [0.05, 0.1) is 12.7 Å². The number of rotatable bonds is 3. The van der Waals surface area contributed by atoms with Crippen molar-refractivity contribution < 1.29 is 14.6 Å². The first-order chi connectivity index (χ1) is 8.65. The van der Waals surface area contributed by atoms with Gasteiger partial charge in [0.25, 0.3) is 0 Å². The molecule has 0 bridgehead atoms. The zero-order valence-electron chi connectivity index (χ0n) is 10.3. The minimum absolute atomic E-state index is 0.318. The maximum Gasteiger partial charge on any atom is 0.335 e. The molecule has 0 aliphatic carbocycles. The van der Waals surface area contributed by atoms with Gasteiger partial charge in [-0.05, 0) is 30.2 Å². The molecular weight excluding hydrogens is 228 g/mol. The summed E-state index contributed by atoms with van der Waals surface area (Å²) < 4.78 is 5.31. The molecule has 2 aromatic rings. The van der Waals surface area contributed by atoms with Gasteiger partial charge in [0.2, 0.25) is 0 Å². The van der Waals surface area contributed by atoms with Crippen LogP contribution in [0.1, 0.15) is 15.9 Å². The molecule has 0 saturated carbocycles. The fourth-order valence-electron chi connectivity index (χ4n) is 2.03. The molecule has 0 fully saturated rings. The average molecular weight is 242 g/mol. The third-order valence-electron chi connectivity index (χ3n) is 2.96. The molecule has 0 amide bonds. The van der Waals surface area contributed by atoms with E-state index in [4.69, 9.17) is 9.84 Å². The second kappa shape index (κ2) is 4.92. The quantitative estimate of drug-likeness (QED) is 0.897. The van der Waals surface area contributed by atoms with Crippen LogP contribution in [0.3, 0.4) is 0 Å². The lowest BCUT2D eigenvalue weighted by molar-refractivity contribution is 0.0696. The molecule has 0 aromatic heterocycles. The number of hydrogen-bond donors (Lipinski definition) is 1. The average Bonchev–Trinajstić information content (AvgIpc) is 2.38. The molecule has 3 heteroatoms. The second-order valence-corrected chi connectivity index (χ2v) is 3.98. The van der Waals surface area contributed by atoms with Crippen LogP contribution in [0.5, 0.6) is 5.75 Å². The summed E-state index contributed by atoms with van der Waals surface area (Å²) in [6.45, 7) is 1.81. The highest BCUT2D eigenvalue weighted by Gasteiger charge is 2.13. The number of ether oxygens (including phenoxy) is 1. The predicted molar refractivity (Wildman–Crippen MR) is 70.1 cm³/mol. The van der Waals surface area contributed by atoms with E-state index in [1.807, 2.05) is 37.3 Å². The largest absolute Gasteiger partial charge is 0.496 e. The summed E-state index contributed by atoms with van der Waals surface area (Å²) in [5.74, 6) is -0.174. The topological polar surface area (TPSA) is 46.5 Å². The maximum atomic E-state index is 11.1. The predicted octanol–water partition coefficient (Wildman–Crippen LogP) is 3.37. The number of aromatic carboxylic acids is 1. The van der Waals surface area contributed by atoms with Crippen molar-refractivity contribution in [3.8, 4) is 16.9 Å². The van der Waals surface area contributed by atoms with Crippen LogP contribution in [0.15, 0.2) is 42.5 Å². The Balaban J connectivity index is 2.64. The van der Waals surface area contributed by atoms with Gasteiger partial charge in [0, 0.05) is 5.56 Å². The molecule has 0 aliphatic heterocycles. The van der Waals surface area contributed by atoms with Gasteiger partial charge in [-0.1, -0.05) is 30.3 Å². The smallest absolute Gasteiger partial charge is 0.335 e. The van der Waals surface area contributed by atoms with Crippen LogP contribution in [-0.2, 0) is 0 Å². The van der Waals surface area contributed by atoms with Crippen molar-refractivity contribution in [2.24, 2.45) is 0 Å². The number of carboxylic acid groups (broad SMARTS) is 1. The molecule has 2 aromatic carbocycles. The maximum absolute atomic E-state index is 11.1. The highest BCUT2D eigenvalue weighted by Crippen LogP contribution is 2.32. The molecule has 0 unspecified atom stereocenters. The lowest BCUT2D eigenvalue weighted by Crippen LogP contribution is -2.01. The van der Waals surface area contributed by atoms with Gasteiger partial charge in [-0.2, -0.15) is 0 Å². The number of carbonyl (C=O) groups is 1. The molecular formula is C15H14O3. The molecule has 0 atom stereocenters. The Kier molecular flexibility index (Phi) is 3.33. The molecule has 92 valence electrons. The summed E-state index contributed by atoms with van der Waals surface area (Å²) in [5, 5.41) is 9.13. The molecule has 1 N–H and O–H groups in total. The van der Waals surface area contributed by atoms with Crippen LogP contribution in [0.4, 0.5) is 0 Å². The standard InChI is InChI=1S/C15H14O3/c1-10-11(7-5-8-12(10)15(16)17)13-6-3-4-9-14(13)18-2/h3-9H,1-2H3,(H,16,17). The molecule has 0 spiro atoms. The Morgan fingerprint density at radius 3 is 2.39 bits per heavy atom. The van der Waals surface area contributed by atoms with E-state index in [-0.39, 0.29) is 0 Å². The fourth-order valence-corrected chi connectivity index (χ4v) is 2.03. The van der Waals surface area contributed by atoms with Crippen LogP contribution in [0.2, 0.25) is 0 Å². The summed E-state index contributed by atoms with van der Waals surface area (Å²) in [7, 11) is 1.61. The zero-order valence-corrected chi connectivity index (χ0v) is 10.3. The number of benzene rings is 2. The van der Waals surface area contributed by atoms with Gasteiger partial charge in [-0.3, -0.25) is 0 Å². The Bertz CT molecular complexity index is 588. The van der Waals surface area contributed by atoms with Crippen LogP contribution in [0.25, 0.3) is 11.1 Å². The van der Waals surface area contributed by atoms with E-state index in [0.717, 1.165) is 22.4 Å². The van der Waals surface area contributed by atoms with Crippen molar-refractivity contribution in [3.05, 3.63) is 53.6 Å². The Hall–Kier alpha value is -2.29. The van der Waals surface area contributed by atoms with E-state index in [9.17, 15) is 4.79 Å². The summed E-state index contributed by atoms with van der Waals surface area (Å²) in [6, 6.07) is 12.8. The van der Waals surface area contributed by atoms with E-state index >= 15 is 0 Å². The van der Waals surface area contributed by atoms with E-state index in [0.29, 0.717) is 5.56 Å². The van der Waals surface area contributed by atoms with E-state index in [2.05, 4.69) is 0 Å². The van der Waals surface area contributed by atoms with Crippen LogP contribution >= 0.6 is 0 Å². The van der Waals surface area contributed by atoms with Crippen molar-refractivity contribution in [1.82, 2.24) is 0 Å². The monoisotopic (exact) mass is 242 g/mol. The van der Waals surface area contributed by atoms with Gasteiger partial charge in [0.1, 0.15) is 5.75 Å². The first-order valence-electron chi connectivity index (χ1n) is 5.61. The molecule has 0 saturated heterocycles. The highest BCUT2D eigenvalue weighted by atomic mass is 16.5.